The average molecular weight is 329 g/mol. The van der Waals surface area contributed by atoms with Crippen molar-refractivity contribution in [1.82, 2.24) is 15.5 Å². The molecule has 24 heavy (non-hydrogen) atoms. The first-order valence-electron chi connectivity index (χ1n) is 9.51. The molecule has 1 amide bonds. The Kier molecular flexibility index (Phi) is 6.27. The van der Waals surface area contributed by atoms with Gasteiger partial charge in [0.25, 0.3) is 0 Å². The SMILES string of the molecule is C[C@H]1C[C@@H](C(=O)NC2CCN(CCc3ccccc3)CC2)CCN1. The minimum atomic E-state index is 0.206. The van der Waals surface area contributed by atoms with Crippen LogP contribution in [0.15, 0.2) is 30.3 Å². The number of hydrogen-bond donors (Lipinski definition) is 2. The van der Waals surface area contributed by atoms with Crippen molar-refractivity contribution in [1.29, 1.82) is 0 Å². The molecular formula is C20H31N3O. The quantitative estimate of drug-likeness (QED) is 0.870. The smallest absolute Gasteiger partial charge is 0.223 e. The van der Waals surface area contributed by atoms with Gasteiger partial charge >= 0.3 is 0 Å². The lowest BCUT2D eigenvalue weighted by Crippen LogP contribution is -2.49. The molecule has 0 aliphatic carbocycles. The number of carbonyl (C=O) groups is 1. The van der Waals surface area contributed by atoms with Crippen molar-refractivity contribution in [2.24, 2.45) is 5.92 Å². The molecule has 0 aromatic heterocycles. The lowest BCUT2D eigenvalue weighted by Gasteiger charge is -2.34. The zero-order valence-corrected chi connectivity index (χ0v) is 14.8. The summed E-state index contributed by atoms with van der Waals surface area (Å²) in [5.41, 5.74) is 1.41. The second-order valence-corrected chi connectivity index (χ2v) is 7.44. The van der Waals surface area contributed by atoms with E-state index in [2.05, 4.69) is 52.8 Å². The lowest BCUT2D eigenvalue weighted by atomic mass is 9.92. The summed E-state index contributed by atoms with van der Waals surface area (Å²) in [6.45, 7) is 6.46. The van der Waals surface area contributed by atoms with Crippen LogP contribution in [0.3, 0.4) is 0 Å². The Bertz CT molecular complexity index is 511. The van der Waals surface area contributed by atoms with E-state index in [0.717, 1.165) is 58.3 Å². The number of benzene rings is 1. The normalized spacial score (nSPS) is 26.2. The molecule has 4 heteroatoms. The Hall–Kier alpha value is -1.39. The molecule has 3 rings (SSSR count). The van der Waals surface area contributed by atoms with Gasteiger partial charge in [0.2, 0.25) is 5.91 Å². The molecule has 1 aromatic carbocycles. The highest BCUT2D eigenvalue weighted by molar-refractivity contribution is 5.79. The number of likely N-dealkylation sites (tertiary alicyclic amines) is 1. The van der Waals surface area contributed by atoms with Gasteiger partial charge in [-0.25, -0.2) is 0 Å². The van der Waals surface area contributed by atoms with E-state index in [1.165, 1.54) is 5.56 Å². The summed E-state index contributed by atoms with van der Waals surface area (Å²) in [6.07, 6.45) is 5.24. The third-order valence-electron chi connectivity index (χ3n) is 5.49. The van der Waals surface area contributed by atoms with Crippen LogP contribution in [0.5, 0.6) is 0 Å². The zero-order valence-electron chi connectivity index (χ0n) is 14.8. The van der Waals surface area contributed by atoms with Crippen molar-refractivity contribution in [3.05, 3.63) is 35.9 Å². The highest BCUT2D eigenvalue weighted by atomic mass is 16.1. The molecule has 2 fully saturated rings. The van der Waals surface area contributed by atoms with E-state index in [4.69, 9.17) is 0 Å². The number of amides is 1. The van der Waals surface area contributed by atoms with Gasteiger partial charge in [-0.1, -0.05) is 30.3 Å². The monoisotopic (exact) mass is 329 g/mol. The molecule has 0 unspecified atom stereocenters. The maximum absolute atomic E-state index is 12.5. The van der Waals surface area contributed by atoms with Gasteiger partial charge in [0.15, 0.2) is 0 Å². The van der Waals surface area contributed by atoms with Crippen molar-refractivity contribution in [3.63, 3.8) is 0 Å². The summed E-state index contributed by atoms with van der Waals surface area (Å²) < 4.78 is 0. The largest absolute Gasteiger partial charge is 0.353 e. The van der Waals surface area contributed by atoms with E-state index < -0.39 is 0 Å². The molecule has 2 aliphatic rings. The van der Waals surface area contributed by atoms with Crippen molar-refractivity contribution < 1.29 is 4.79 Å². The molecule has 2 heterocycles. The molecule has 0 saturated carbocycles. The van der Waals surface area contributed by atoms with Crippen molar-refractivity contribution in [2.75, 3.05) is 26.2 Å². The topological polar surface area (TPSA) is 44.4 Å². The summed E-state index contributed by atoms with van der Waals surface area (Å²) in [5, 5.41) is 6.73. The Morgan fingerprint density at radius 1 is 1.21 bits per heavy atom. The maximum Gasteiger partial charge on any atom is 0.223 e. The van der Waals surface area contributed by atoms with Crippen LogP contribution in [0.25, 0.3) is 0 Å². The van der Waals surface area contributed by atoms with Crippen molar-refractivity contribution in [3.8, 4) is 0 Å². The fraction of sp³-hybridized carbons (Fsp3) is 0.650. The Labute approximate surface area is 146 Å². The van der Waals surface area contributed by atoms with E-state index in [9.17, 15) is 4.79 Å². The standard InChI is InChI=1S/C20H31N3O/c1-16-15-18(7-11-21-16)20(24)22-19-9-13-23(14-10-19)12-8-17-5-3-2-4-6-17/h2-6,16,18-19,21H,7-15H2,1H3,(H,22,24)/t16-,18-/m0/s1. The number of hydrogen-bond acceptors (Lipinski definition) is 3. The number of piperidine rings is 2. The van der Waals surface area contributed by atoms with Crippen LogP contribution in [-0.2, 0) is 11.2 Å². The third kappa shape index (κ3) is 5.05. The van der Waals surface area contributed by atoms with Gasteiger partial charge in [0, 0.05) is 37.6 Å². The molecular weight excluding hydrogens is 298 g/mol. The molecule has 2 atom stereocenters. The Balaban J connectivity index is 1.36. The first-order chi connectivity index (χ1) is 11.7. The molecule has 0 bridgehead atoms. The Morgan fingerprint density at radius 2 is 1.96 bits per heavy atom. The van der Waals surface area contributed by atoms with Gasteiger partial charge in [-0.15, -0.1) is 0 Å². The van der Waals surface area contributed by atoms with Crippen LogP contribution in [0.2, 0.25) is 0 Å². The minimum Gasteiger partial charge on any atom is -0.353 e. The first-order valence-corrected chi connectivity index (χ1v) is 9.51. The average Bonchev–Trinajstić information content (AvgIpc) is 2.62. The van der Waals surface area contributed by atoms with E-state index >= 15 is 0 Å². The zero-order chi connectivity index (χ0) is 16.8. The van der Waals surface area contributed by atoms with Gasteiger partial charge < -0.3 is 15.5 Å². The molecule has 4 nitrogen and oxygen atoms in total. The Morgan fingerprint density at radius 3 is 2.67 bits per heavy atom. The van der Waals surface area contributed by atoms with Crippen molar-refractivity contribution >= 4 is 5.91 Å². The molecule has 0 spiro atoms. The summed E-state index contributed by atoms with van der Waals surface area (Å²) in [4.78, 5) is 15.0. The summed E-state index contributed by atoms with van der Waals surface area (Å²) >= 11 is 0. The highest BCUT2D eigenvalue weighted by Crippen LogP contribution is 2.18. The van der Waals surface area contributed by atoms with Gasteiger partial charge in [-0.2, -0.15) is 0 Å². The molecule has 2 saturated heterocycles. The molecule has 1 aromatic rings. The molecule has 0 radical (unpaired) electrons. The van der Waals surface area contributed by atoms with E-state index in [-0.39, 0.29) is 11.8 Å². The number of carbonyl (C=O) groups excluding carboxylic acids is 1. The van der Waals surface area contributed by atoms with E-state index in [1.807, 2.05) is 0 Å². The van der Waals surface area contributed by atoms with Gasteiger partial charge in [-0.3, -0.25) is 4.79 Å². The van der Waals surface area contributed by atoms with Crippen LogP contribution in [-0.4, -0.2) is 49.1 Å². The number of nitrogens with zero attached hydrogens (tertiary/aromatic N) is 1. The fourth-order valence-corrected chi connectivity index (χ4v) is 3.92. The van der Waals surface area contributed by atoms with Crippen LogP contribution < -0.4 is 10.6 Å². The second kappa shape index (κ2) is 8.63. The molecule has 2 aliphatic heterocycles. The van der Waals surface area contributed by atoms with Crippen LogP contribution in [0.1, 0.15) is 38.2 Å². The predicted molar refractivity (Wildman–Crippen MR) is 97.9 cm³/mol. The van der Waals surface area contributed by atoms with E-state index in [0.29, 0.717) is 12.1 Å². The maximum atomic E-state index is 12.5. The number of nitrogens with one attached hydrogen (secondary N) is 2. The highest BCUT2D eigenvalue weighted by Gasteiger charge is 2.27. The second-order valence-electron chi connectivity index (χ2n) is 7.44. The van der Waals surface area contributed by atoms with Gasteiger partial charge in [0.05, 0.1) is 0 Å². The summed E-state index contributed by atoms with van der Waals surface area (Å²) in [6, 6.07) is 11.5. The number of rotatable bonds is 5. The third-order valence-corrected chi connectivity index (χ3v) is 5.49. The first kappa shape index (κ1) is 17.4. The molecule has 2 N–H and O–H groups in total. The lowest BCUT2D eigenvalue weighted by molar-refractivity contribution is -0.127. The van der Waals surface area contributed by atoms with Crippen molar-refractivity contribution in [2.45, 2.75) is 51.1 Å². The van der Waals surface area contributed by atoms with Crippen LogP contribution in [0.4, 0.5) is 0 Å². The minimum absolute atomic E-state index is 0.206. The predicted octanol–water partition coefficient (Wildman–Crippen LogP) is 2.20. The van der Waals surface area contributed by atoms with Gasteiger partial charge in [0.1, 0.15) is 0 Å². The molecule has 132 valence electrons. The van der Waals surface area contributed by atoms with Gasteiger partial charge in [-0.05, 0) is 51.1 Å². The van der Waals surface area contributed by atoms with E-state index in [1.54, 1.807) is 0 Å². The summed E-state index contributed by atoms with van der Waals surface area (Å²) in [7, 11) is 0. The fourth-order valence-electron chi connectivity index (χ4n) is 3.92. The van der Waals surface area contributed by atoms with Crippen LogP contribution in [0, 0.1) is 5.92 Å². The summed E-state index contributed by atoms with van der Waals surface area (Å²) in [5.74, 6) is 0.489. The van der Waals surface area contributed by atoms with Crippen LogP contribution >= 0.6 is 0 Å².